The smallest absolute Gasteiger partial charge is 0.328 e. The van der Waals surface area contributed by atoms with Crippen molar-refractivity contribution in [3.63, 3.8) is 0 Å². The number of aliphatic carboxylic acids is 2. The molecule has 0 radical (unpaired) electrons. The standard InChI is InChI=1S/C16H19BrN2.C4H4O4/c1-19(2)12-10-15(16-5-3-4-11-18-16)13-6-8-14(17)9-7-13;5-3(6)1-2-4(7)8/h3-9,11,15H,10,12H2,1-2H3;1-2H,(H,5,6)(H,7,8)/b;2-1-/t15-;/m1./s1. The Morgan fingerprint density at radius 1 is 1.07 bits per heavy atom. The highest BCUT2D eigenvalue weighted by Crippen LogP contribution is 2.27. The maximum absolute atomic E-state index is 9.55. The Bertz CT molecular complexity index is 730. The Morgan fingerprint density at radius 3 is 2.11 bits per heavy atom. The molecular formula is C20H23BrN2O4. The zero-order valence-electron chi connectivity index (χ0n) is 15.2. The molecule has 6 nitrogen and oxygen atoms in total. The zero-order valence-corrected chi connectivity index (χ0v) is 16.8. The third kappa shape index (κ3) is 9.67. The number of aromatic nitrogens is 1. The highest BCUT2D eigenvalue weighted by Gasteiger charge is 2.15. The van der Waals surface area contributed by atoms with Crippen LogP contribution in [0, 0.1) is 0 Å². The van der Waals surface area contributed by atoms with E-state index in [1.165, 1.54) is 5.56 Å². The summed E-state index contributed by atoms with van der Waals surface area (Å²) in [6.07, 6.45) is 4.06. The van der Waals surface area contributed by atoms with Crippen LogP contribution in [0.4, 0.5) is 0 Å². The molecule has 0 spiro atoms. The largest absolute Gasteiger partial charge is 0.478 e. The predicted molar refractivity (Wildman–Crippen MR) is 108 cm³/mol. The quantitative estimate of drug-likeness (QED) is 0.646. The maximum Gasteiger partial charge on any atom is 0.328 e. The molecule has 0 aliphatic carbocycles. The minimum atomic E-state index is -1.26. The van der Waals surface area contributed by atoms with Crippen LogP contribution in [0.5, 0.6) is 0 Å². The summed E-state index contributed by atoms with van der Waals surface area (Å²) in [4.78, 5) is 25.8. The van der Waals surface area contributed by atoms with Crippen molar-refractivity contribution in [3.8, 4) is 0 Å². The SMILES string of the molecule is CN(C)CC[C@H](c1ccc(Br)cc1)c1ccccn1.O=C(O)/C=C\C(=O)O. The van der Waals surface area contributed by atoms with Gasteiger partial charge in [-0.25, -0.2) is 9.59 Å². The Kier molecular flexibility index (Phi) is 10.00. The molecule has 0 aliphatic heterocycles. The highest BCUT2D eigenvalue weighted by atomic mass is 79.9. The first-order valence-corrected chi connectivity index (χ1v) is 9.04. The van der Waals surface area contributed by atoms with E-state index >= 15 is 0 Å². The molecule has 2 N–H and O–H groups in total. The Hall–Kier alpha value is -2.51. The number of hydrogen-bond acceptors (Lipinski definition) is 4. The Balaban J connectivity index is 0.000000387. The number of halogens is 1. The van der Waals surface area contributed by atoms with Gasteiger partial charge in [0.1, 0.15) is 0 Å². The Labute approximate surface area is 167 Å². The molecule has 0 amide bonds. The van der Waals surface area contributed by atoms with Gasteiger partial charge in [0.15, 0.2) is 0 Å². The van der Waals surface area contributed by atoms with E-state index in [0.717, 1.165) is 23.1 Å². The molecule has 0 saturated carbocycles. The van der Waals surface area contributed by atoms with Crippen LogP contribution in [0.1, 0.15) is 23.6 Å². The van der Waals surface area contributed by atoms with Gasteiger partial charge in [0.25, 0.3) is 0 Å². The van der Waals surface area contributed by atoms with Crippen molar-refractivity contribution < 1.29 is 19.8 Å². The van der Waals surface area contributed by atoms with Gasteiger partial charge >= 0.3 is 11.9 Å². The van der Waals surface area contributed by atoms with Gasteiger partial charge in [0, 0.05) is 34.4 Å². The number of carboxylic acids is 2. The lowest BCUT2D eigenvalue weighted by Crippen LogP contribution is -2.17. The average Bonchev–Trinajstić information content (AvgIpc) is 2.63. The second-order valence-corrected chi connectivity index (χ2v) is 6.88. The van der Waals surface area contributed by atoms with Crippen LogP contribution in [0.3, 0.4) is 0 Å². The van der Waals surface area contributed by atoms with Crippen LogP contribution in [0.2, 0.25) is 0 Å². The summed E-state index contributed by atoms with van der Waals surface area (Å²) in [6, 6.07) is 14.7. The van der Waals surface area contributed by atoms with Gasteiger partial charge in [-0.05, 0) is 56.9 Å². The van der Waals surface area contributed by atoms with Crippen molar-refractivity contribution in [1.29, 1.82) is 0 Å². The molecule has 27 heavy (non-hydrogen) atoms. The molecule has 1 aromatic carbocycles. The molecule has 7 heteroatoms. The summed E-state index contributed by atoms with van der Waals surface area (Å²) in [6.45, 7) is 1.05. The summed E-state index contributed by atoms with van der Waals surface area (Å²) in [5.41, 5.74) is 2.47. The van der Waals surface area contributed by atoms with E-state index in [2.05, 4.69) is 76.3 Å². The van der Waals surface area contributed by atoms with Gasteiger partial charge < -0.3 is 15.1 Å². The fourth-order valence-corrected chi connectivity index (χ4v) is 2.56. The molecule has 0 aliphatic rings. The van der Waals surface area contributed by atoms with Crippen LogP contribution in [-0.2, 0) is 9.59 Å². The van der Waals surface area contributed by atoms with Gasteiger partial charge in [-0.3, -0.25) is 4.98 Å². The summed E-state index contributed by atoms with van der Waals surface area (Å²) in [5, 5.41) is 15.6. The van der Waals surface area contributed by atoms with E-state index in [9.17, 15) is 9.59 Å². The predicted octanol–water partition coefficient (Wildman–Crippen LogP) is 3.64. The topological polar surface area (TPSA) is 90.7 Å². The molecule has 2 aromatic rings. The molecule has 1 atom stereocenters. The molecular weight excluding hydrogens is 412 g/mol. The van der Waals surface area contributed by atoms with E-state index in [1.54, 1.807) is 0 Å². The lowest BCUT2D eigenvalue weighted by molar-refractivity contribution is -0.134. The monoisotopic (exact) mass is 434 g/mol. The minimum Gasteiger partial charge on any atom is -0.478 e. The molecule has 0 fully saturated rings. The van der Waals surface area contributed by atoms with Crippen molar-refractivity contribution >= 4 is 27.9 Å². The number of carbonyl (C=O) groups is 2. The van der Waals surface area contributed by atoms with E-state index in [1.807, 2.05) is 12.3 Å². The normalized spacial score (nSPS) is 11.7. The van der Waals surface area contributed by atoms with Crippen molar-refractivity contribution in [3.05, 3.63) is 76.5 Å². The second kappa shape index (κ2) is 12.0. The molecule has 0 saturated heterocycles. The van der Waals surface area contributed by atoms with Crippen molar-refractivity contribution in [1.82, 2.24) is 9.88 Å². The molecule has 144 valence electrons. The van der Waals surface area contributed by atoms with E-state index in [0.29, 0.717) is 18.1 Å². The van der Waals surface area contributed by atoms with Gasteiger partial charge in [-0.2, -0.15) is 0 Å². The van der Waals surface area contributed by atoms with Crippen molar-refractivity contribution in [2.45, 2.75) is 12.3 Å². The zero-order chi connectivity index (χ0) is 20.2. The fraction of sp³-hybridized carbons (Fsp3) is 0.250. The minimum absolute atomic E-state index is 0.358. The fourth-order valence-electron chi connectivity index (χ4n) is 2.29. The third-order valence-corrected chi connectivity index (χ3v) is 4.08. The molecule has 2 rings (SSSR count). The average molecular weight is 435 g/mol. The van der Waals surface area contributed by atoms with Crippen LogP contribution < -0.4 is 0 Å². The summed E-state index contributed by atoms with van der Waals surface area (Å²) in [7, 11) is 4.22. The van der Waals surface area contributed by atoms with Crippen molar-refractivity contribution in [2.24, 2.45) is 0 Å². The van der Waals surface area contributed by atoms with E-state index in [-0.39, 0.29) is 0 Å². The number of hydrogen-bond donors (Lipinski definition) is 2. The summed E-state index contributed by atoms with van der Waals surface area (Å²) in [5.74, 6) is -2.16. The van der Waals surface area contributed by atoms with Gasteiger partial charge in [-0.15, -0.1) is 0 Å². The van der Waals surface area contributed by atoms with Crippen molar-refractivity contribution in [2.75, 3.05) is 20.6 Å². The molecule has 1 aromatic heterocycles. The highest BCUT2D eigenvalue weighted by molar-refractivity contribution is 9.10. The molecule has 0 unspecified atom stereocenters. The lowest BCUT2D eigenvalue weighted by Gasteiger charge is -2.19. The Morgan fingerprint density at radius 2 is 1.67 bits per heavy atom. The van der Waals surface area contributed by atoms with E-state index in [4.69, 9.17) is 10.2 Å². The first kappa shape index (κ1) is 22.5. The van der Waals surface area contributed by atoms with Crippen LogP contribution in [0.15, 0.2) is 65.3 Å². The van der Waals surface area contributed by atoms with Crippen LogP contribution in [-0.4, -0.2) is 52.7 Å². The number of carboxylic acid groups (broad SMARTS) is 2. The third-order valence-electron chi connectivity index (χ3n) is 3.55. The number of pyridine rings is 1. The van der Waals surface area contributed by atoms with Gasteiger partial charge in [-0.1, -0.05) is 34.1 Å². The molecule has 0 bridgehead atoms. The molecule has 1 heterocycles. The number of nitrogens with zero attached hydrogens (tertiary/aromatic N) is 2. The maximum atomic E-state index is 9.55. The summed E-state index contributed by atoms with van der Waals surface area (Å²) >= 11 is 3.49. The first-order valence-electron chi connectivity index (χ1n) is 8.24. The van der Waals surface area contributed by atoms with E-state index < -0.39 is 11.9 Å². The summed E-state index contributed by atoms with van der Waals surface area (Å²) < 4.78 is 1.11. The number of benzene rings is 1. The van der Waals surface area contributed by atoms with Crippen LogP contribution in [0.25, 0.3) is 0 Å². The number of rotatable bonds is 7. The second-order valence-electron chi connectivity index (χ2n) is 5.96. The van der Waals surface area contributed by atoms with Crippen LogP contribution >= 0.6 is 15.9 Å². The van der Waals surface area contributed by atoms with Gasteiger partial charge in [0.05, 0.1) is 0 Å². The lowest BCUT2D eigenvalue weighted by atomic mass is 9.92. The van der Waals surface area contributed by atoms with Gasteiger partial charge in [0.2, 0.25) is 0 Å². The first-order chi connectivity index (χ1) is 12.8.